The average Bonchev–Trinajstić information content (AvgIpc) is 2.30. The zero-order valence-corrected chi connectivity index (χ0v) is 11.8. The molecule has 0 amide bonds. The fourth-order valence-corrected chi connectivity index (χ4v) is 2.56. The van der Waals surface area contributed by atoms with Gasteiger partial charge in [-0.05, 0) is 37.5 Å². The number of likely N-dealkylation sites (tertiary alicyclic amines) is 1. The number of hydrogen-bond acceptors (Lipinski definition) is 3. The van der Waals surface area contributed by atoms with E-state index < -0.39 is 5.97 Å². The Morgan fingerprint density at radius 3 is 2.74 bits per heavy atom. The van der Waals surface area contributed by atoms with Gasteiger partial charge in [0.15, 0.2) is 0 Å². The molecule has 0 bridgehead atoms. The van der Waals surface area contributed by atoms with Crippen LogP contribution in [-0.2, 0) is 16.1 Å². The number of rotatable bonds is 5. The minimum Gasteiger partial charge on any atom is -0.480 e. The molecule has 0 aromatic heterocycles. The van der Waals surface area contributed by atoms with Crippen molar-refractivity contribution in [3.05, 3.63) is 34.9 Å². The molecule has 1 aliphatic heterocycles. The molecule has 1 saturated heterocycles. The lowest BCUT2D eigenvalue weighted by molar-refractivity contribution is -0.165. The van der Waals surface area contributed by atoms with Gasteiger partial charge in [-0.15, -0.1) is 0 Å². The highest BCUT2D eigenvalue weighted by molar-refractivity contribution is 5.68. The Kier molecular flexibility index (Phi) is 3.92. The van der Waals surface area contributed by atoms with Crippen LogP contribution in [0.5, 0.6) is 0 Å². The molecular formula is C15H21NO3. The molecule has 1 N–H and O–H groups in total. The van der Waals surface area contributed by atoms with E-state index in [1.807, 2.05) is 6.92 Å². The highest BCUT2D eigenvalue weighted by Gasteiger charge is 2.40. The Labute approximate surface area is 114 Å². The Bertz CT molecular complexity index is 478. The smallest absolute Gasteiger partial charge is 0.329 e. The van der Waals surface area contributed by atoms with Gasteiger partial charge in [0.2, 0.25) is 0 Å². The van der Waals surface area contributed by atoms with Gasteiger partial charge in [0, 0.05) is 19.6 Å². The lowest BCUT2D eigenvalue weighted by atomic mass is 9.94. The van der Waals surface area contributed by atoms with Crippen LogP contribution >= 0.6 is 0 Å². The first-order valence-corrected chi connectivity index (χ1v) is 6.53. The molecule has 1 aromatic rings. The molecule has 0 atom stereocenters. The van der Waals surface area contributed by atoms with Gasteiger partial charge in [-0.25, -0.2) is 4.79 Å². The summed E-state index contributed by atoms with van der Waals surface area (Å²) in [5.74, 6) is -0.908. The van der Waals surface area contributed by atoms with Crippen molar-refractivity contribution in [1.82, 2.24) is 4.90 Å². The maximum atomic E-state index is 10.5. The lowest BCUT2D eigenvalue weighted by Crippen LogP contribution is -2.61. The molecule has 19 heavy (non-hydrogen) atoms. The summed E-state index contributed by atoms with van der Waals surface area (Å²) >= 11 is 0. The fraction of sp³-hybridized carbons (Fsp3) is 0.533. The minimum absolute atomic E-state index is 0.214. The zero-order chi connectivity index (χ0) is 14.0. The summed E-state index contributed by atoms with van der Waals surface area (Å²) < 4.78 is 5.41. The quantitative estimate of drug-likeness (QED) is 0.882. The van der Waals surface area contributed by atoms with E-state index in [-0.39, 0.29) is 12.2 Å². The number of aliphatic carboxylic acids is 1. The normalized spacial score (nSPS) is 18.1. The Morgan fingerprint density at radius 1 is 1.42 bits per heavy atom. The predicted octanol–water partition coefficient (Wildman–Crippen LogP) is 1.98. The van der Waals surface area contributed by atoms with Gasteiger partial charge in [0.25, 0.3) is 0 Å². The highest BCUT2D eigenvalue weighted by Crippen LogP contribution is 2.27. The highest BCUT2D eigenvalue weighted by atomic mass is 16.5. The van der Waals surface area contributed by atoms with E-state index in [1.165, 1.54) is 16.7 Å². The van der Waals surface area contributed by atoms with Gasteiger partial charge in [-0.2, -0.15) is 0 Å². The number of hydrogen-bond donors (Lipinski definition) is 1. The summed E-state index contributed by atoms with van der Waals surface area (Å²) in [5, 5.41) is 8.63. The molecule has 0 radical (unpaired) electrons. The first-order valence-electron chi connectivity index (χ1n) is 6.53. The molecule has 1 heterocycles. The standard InChI is InChI=1S/C15H21NO3/c1-11-5-4-6-13(12(11)2)7-16-9-15(3,10-16)19-8-14(17)18/h4-6H,7-10H2,1-3H3,(H,17,18). The second kappa shape index (κ2) is 5.31. The van der Waals surface area contributed by atoms with Crippen molar-refractivity contribution < 1.29 is 14.6 Å². The van der Waals surface area contributed by atoms with Crippen molar-refractivity contribution in [3.8, 4) is 0 Å². The molecule has 0 unspecified atom stereocenters. The first kappa shape index (κ1) is 14.0. The summed E-state index contributed by atoms with van der Waals surface area (Å²) in [7, 11) is 0. The molecule has 0 saturated carbocycles. The third-order valence-electron chi connectivity index (χ3n) is 3.77. The number of carbonyl (C=O) groups is 1. The number of benzene rings is 1. The first-order chi connectivity index (χ1) is 8.89. The van der Waals surface area contributed by atoms with Crippen LogP contribution in [0.4, 0.5) is 0 Å². The molecule has 4 heteroatoms. The Morgan fingerprint density at radius 2 is 2.11 bits per heavy atom. The number of ether oxygens (including phenoxy) is 1. The molecule has 104 valence electrons. The largest absolute Gasteiger partial charge is 0.480 e. The lowest BCUT2D eigenvalue weighted by Gasteiger charge is -2.47. The molecule has 2 rings (SSSR count). The number of aryl methyl sites for hydroxylation is 1. The maximum Gasteiger partial charge on any atom is 0.329 e. The van der Waals surface area contributed by atoms with E-state index in [4.69, 9.17) is 9.84 Å². The van der Waals surface area contributed by atoms with Gasteiger partial charge in [-0.1, -0.05) is 18.2 Å². The fourth-order valence-electron chi connectivity index (χ4n) is 2.56. The van der Waals surface area contributed by atoms with Gasteiger partial charge in [0.1, 0.15) is 6.61 Å². The van der Waals surface area contributed by atoms with Crippen molar-refractivity contribution in [1.29, 1.82) is 0 Å². The summed E-state index contributed by atoms with van der Waals surface area (Å²) in [6.45, 7) is 8.49. The molecule has 1 aromatic carbocycles. The van der Waals surface area contributed by atoms with Crippen LogP contribution in [0.15, 0.2) is 18.2 Å². The second-order valence-corrected chi connectivity index (χ2v) is 5.64. The van der Waals surface area contributed by atoms with E-state index in [1.54, 1.807) is 0 Å². The van der Waals surface area contributed by atoms with Crippen molar-refractivity contribution in [2.45, 2.75) is 32.9 Å². The summed E-state index contributed by atoms with van der Waals surface area (Å²) in [6.07, 6.45) is 0. The second-order valence-electron chi connectivity index (χ2n) is 5.64. The monoisotopic (exact) mass is 263 g/mol. The molecular weight excluding hydrogens is 242 g/mol. The van der Waals surface area contributed by atoms with Crippen LogP contribution in [0.1, 0.15) is 23.6 Å². The van der Waals surface area contributed by atoms with Crippen LogP contribution < -0.4 is 0 Å². The van der Waals surface area contributed by atoms with Crippen LogP contribution in [-0.4, -0.2) is 41.3 Å². The van der Waals surface area contributed by atoms with Crippen molar-refractivity contribution in [2.75, 3.05) is 19.7 Å². The Hall–Kier alpha value is -1.39. The van der Waals surface area contributed by atoms with Crippen molar-refractivity contribution >= 4 is 5.97 Å². The summed E-state index contributed by atoms with van der Waals surface area (Å²) in [4.78, 5) is 12.8. The number of nitrogens with zero attached hydrogens (tertiary/aromatic N) is 1. The van der Waals surface area contributed by atoms with E-state index in [0.29, 0.717) is 0 Å². The average molecular weight is 263 g/mol. The van der Waals surface area contributed by atoms with Gasteiger partial charge in [0.05, 0.1) is 5.60 Å². The maximum absolute atomic E-state index is 10.5. The van der Waals surface area contributed by atoms with Gasteiger partial charge >= 0.3 is 5.97 Å². The zero-order valence-electron chi connectivity index (χ0n) is 11.8. The van der Waals surface area contributed by atoms with E-state index >= 15 is 0 Å². The van der Waals surface area contributed by atoms with E-state index in [9.17, 15) is 4.79 Å². The molecule has 0 spiro atoms. The van der Waals surface area contributed by atoms with Crippen LogP contribution in [0.3, 0.4) is 0 Å². The third-order valence-corrected chi connectivity index (χ3v) is 3.77. The van der Waals surface area contributed by atoms with Crippen molar-refractivity contribution in [2.24, 2.45) is 0 Å². The number of carboxylic acid groups (broad SMARTS) is 1. The van der Waals surface area contributed by atoms with E-state index in [2.05, 4.69) is 36.9 Å². The van der Waals surface area contributed by atoms with E-state index in [0.717, 1.165) is 19.6 Å². The molecule has 1 fully saturated rings. The molecule has 0 aliphatic carbocycles. The molecule has 4 nitrogen and oxygen atoms in total. The topological polar surface area (TPSA) is 49.8 Å². The summed E-state index contributed by atoms with van der Waals surface area (Å²) in [5.41, 5.74) is 3.67. The minimum atomic E-state index is -0.908. The molecule has 1 aliphatic rings. The van der Waals surface area contributed by atoms with Crippen LogP contribution in [0.2, 0.25) is 0 Å². The third kappa shape index (κ3) is 3.33. The summed E-state index contributed by atoms with van der Waals surface area (Å²) in [6, 6.07) is 6.35. The van der Waals surface area contributed by atoms with Gasteiger partial charge < -0.3 is 9.84 Å². The Balaban J connectivity index is 1.87. The SMILES string of the molecule is Cc1cccc(CN2CC(C)(OCC(=O)O)C2)c1C. The predicted molar refractivity (Wildman–Crippen MR) is 73.2 cm³/mol. The van der Waals surface area contributed by atoms with Crippen LogP contribution in [0.25, 0.3) is 0 Å². The van der Waals surface area contributed by atoms with Gasteiger partial charge in [-0.3, -0.25) is 4.90 Å². The van der Waals surface area contributed by atoms with Crippen molar-refractivity contribution in [3.63, 3.8) is 0 Å². The van der Waals surface area contributed by atoms with Crippen LogP contribution in [0, 0.1) is 13.8 Å². The number of carboxylic acids is 1.